The Hall–Kier alpha value is -1.62. The Morgan fingerprint density at radius 2 is 1.79 bits per heavy atom. The number of nitrogens with zero attached hydrogens (tertiary/aromatic N) is 2. The topological polar surface area (TPSA) is 46.9 Å². The van der Waals surface area contributed by atoms with Crippen LogP contribution in [0.2, 0.25) is 0 Å². The number of aromatic nitrogens is 2. The van der Waals surface area contributed by atoms with Gasteiger partial charge in [0.1, 0.15) is 5.69 Å². The van der Waals surface area contributed by atoms with Gasteiger partial charge in [-0.25, -0.2) is 0 Å². The van der Waals surface area contributed by atoms with E-state index in [0.717, 1.165) is 27.0 Å². The molecular weight excluding hydrogens is 306 g/mol. The lowest BCUT2D eigenvalue weighted by molar-refractivity contribution is 0.101. The molecule has 4 nitrogen and oxygen atoms in total. The summed E-state index contributed by atoms with van der Waals surface area (Å²) in [7, 11) is 1.77. The minimum Gasteiger partial charge on any atom is -0.320 e. The molecule has 19 heavy (non-hydrogen) atoms. The maximum absolute atomic E-state index is 12.3. The zero-order valence-electron chi connectivity index (χ0n) is 11.4. The van der Waals surface area contributed by atoms with Crippen molar-refractivity contribution in [1.29, 1.82) is 0 Å². The molecule has 1 aromatic heterocycles. The van der Waals surface area contributed by atoms with E-state index in [1.165, 1.54) is 0 Å². The zero-order valence-corrected chi connectivity index (χ0v) is 13.0. The highest BCUT2D eigenvalue weighted by atomic mass is 79.9. The van der Waals surface area contributed by atoms with Gasteiger partial charge in [-0.1, -0.05) is 15.9 Å². The first-order chi connectivity index (χ1) is 8.88. The minimum atomic E-state index is -0.142. The number of carbonyl (C=O) groups excluding carboxylic acids is 1. The number of rotatable bonds is 2. The van der Waals surface area contributed by atoms with Gasteiger partial charge in [0.2, 0.25) is 0 Å². The largest absolute Gasteiger partial charge is 0.320 e. The van der Waals surface area contributed by atoms with Crippen LogP contribution in [0.15, 0.2) is 22.7 Å². The highest BCUT2D eigenvalue weighted by molar-refractivity contribution is 9.10. The second-order valence-electron chi connectivity index (χ2n) is 4.66. The van der Waals surface area contributed by atoms with Crippen molar-refractivity contribution in [1.82, 2.24) is 9.78 Å². The molecule has 0 fully saturated rings. The fraction of sp³-hybridized carbons (Fsp3) is 0.286. The van der Waals surface area contributed by atoms with Crippen molar-refractivity contribution in [3.05, 3.63) is 45.2 Å². The summed E-state index contributed by atoms with van der Waals surface area (Å²) in [5, 5.41) is 7.14. The van der Waals surface area contributed by atoms with E-state index in [1.54, 1.807) is 17.8 Å². The van der Waals surface area contributed by atoms with Crippen LogP contribution in [0.4, 0.5) is 5.69 Å². The van der Waals surface area contributed by atoms with Gasteiger partial charge in [-0.3, -0.25) is 9.48 Å². The number of aryl methyl sites for hydroxylation is 4. The maximum atomic E-state index is 12.3. The molecule has 0 atom stereocenters. The van der Waals surface area contributed by atoms with Gasteiger partial charge in [0.15, 0.2) is 0 Å². The predicted molar refractivity (Wildman–Crippen MR) is 79.5 cm³/mol. The van der Waals surface area contributed by atoms with Gasteiger partial charge in [0, 0.05) is 17.2 Å². The standard InChI is InChI=1S/C14H16BrN3O/c1-8-5-11(15)6-9(2)13(8)16-14(19)12-7-10(3)17-18(12)4/h5-7H,1-4H3,(H,16,19). The minimum absolute atomic E-state index is 0.142. The monoisotopic (exact) mass is 321 g/mol. The fourth-order valence-corrected chi connectivity index (χ4v) is 2.80. The van der Waals surface area contributed by atoms with E-state index >= 15 is 0 Å². The highest BCUT2D eigenvalue weighted by Crippen LogP contribution is 2.25. The van der Waals surface area contributed by atoms with Gasteiger partial charge >= 0.3 is 0 Å². The average Bonchev–Trinajstić information content (AvgIpc) is 2.62. The quantitative estimate of drug-likeness (QED) is 0.921. The molecule has 5 heteroatoms. The van der Waals surface area contributed by atoms with Crippen LogP contribution in [-0.4, -0.2) is 15.7 Å². The molecule has 1 N–H and O–H groups in total. The molecule has 2 aromatic rings. The van der Waals surface area contributed by atoms with Crippen molar-refractivity contribution < 1.29 is 4.79 Å². The van der Waals surface area contributed by atoms with Crippen LogP contribution in [-0.2, 0) is 7.05 Å². The third-order valence-electron chi connectivity index (χ3n) is 2.97. The van der Waals surface area contributed by atoms with Gasteiger partial charge < -0.3 is 5.32 Å². The summed E-state index contributed by atoms with van der Waals surface area (Å²) in [6.07, 6.45) is 0. The molecule has 0 spiro atoms. The first kappa shape index (κ1) is 13.8. The first-order valence-corrected chi connectivity index (χ1v) is 6.76. The van der Waals surface area contributed by atoms with Crippen LogP contribution in [0.25, 0.3) is 0 Å². The lowest BCUT2D eigenvalue weighted by Gasteiger charge is -2.12. The number of anilines is 1. The summed E-state index contributed by atoms with van der Waals surface area (Å²) in [5.74, 6) is -0.142. The number of carbonyl (C=O) groups is 1. The molecule has 0 aliphatic carbocycles. The van der Waals surface area contributed by atoms with Gasteiger partial charge in [-0.05, 0) is 50.1 Å². The molecule has 0 saturated carbocycles. The summed E-state index contributed by atoms with van der Waals surface area (Å²) in [5.41, 5.74) is 4.29. The Morgan fingerprint density at radius 3 is 2.26 bits per heavy atom. The molecule has 0 aliphatic rings. The normalized spacial score (nSPS) is 10.6. The Kier molecular flexibility index (Phi) is 3.75. The molecule has 100 valence electrons. The van der Waals surface area contributed by atoms with Crippen molar-refractivity contribution >= 4 is 27.5 Å². The second kappa shape index (κ2) is 5.17. The average molecular weight is 322 g/mol. The summed E-state index contributed by atoms with van der Waals surface area (Å²) in [6.45, 7) is 5.82. The first-order valence-electron chi connectivity index (χ1n) is 5.97. The Morgan fingerprint density at radius 1 is 1.21 bits per heavy atom. The number of amides is 1. The van der Waals surface area contributed by atoms with E-state index in [-0.39, 0.29) is 5.91 Å². The molecule has 0 bridgehead atoms. The van der Waals surface area contributed by atoms with E-state index in [1.807, 2.05) is 32.9 Å². The summed E-state index contributed by atoms with van der Waals surface area (Å²) >= 11 is 3.45. The van der Waals surface area contributed by atoms with Gasteiger partial charge in [0.05, 0.1) is 5.69 Å². The smallest absolute Gasteiger partial charge is 0.273 e. The Bertz CT molecular complexity index is 623. The molecule has 1 amide bonds. The summed E-state index contributed by atoms with van der Waals surface area (Å²) in [6, 6.07) is 5.74. The molecule has 2 rings (SSSR count). The number of benzene rings is 1. The van der Waals surface area contributed by atoms with Gasteiger partial charge in [-0.2, -0.15) is 5.10 Å². The second-order valence-corrected chi connectivity index (χ2v) is 5.58. The molecule has 0 saturated heterocycles. The maximum Gasteiger partial charge on any atom is 0.273 e. The van der Waals surface area contributed by atoms with Crippen LogP contribution < -0.4 is 5.32 Å². The van der Waals surface area contributed by atoms with Crippen molar-refractivity contribution in [3.63, 3.8) is 0 Å². The van der Waals surface area contributed by atoms with Crippen molar-refractivity contribution in [2.24, 2.45) is 7.05 Å². The Balaban J connectivity index is 2.32. The number of nitrogens with one attached hydrogen (secondary N) is 1. The molecule has 0 unspecified atom stereocenters. The van der Waals surface area contributed by atoms with Crippen molar-refractivity contribution in [2.75, 3.05) is 5.32 Å². The molecule has 0 aliphatic heterocycles. The highest BCUT2D eigenvalue weighted by Gasteiger charge is 2.14. The SMILES string of the molecule is Cc1cc(C(=O)Nc2c(C)cc(Br)cc2C)n(C)n1. The van der Waals surface area contributed by atoms with E-state index < -0.39 is 0 Å². The number of hydrogen-bond donors (Lipinski definition) is 1. The van der Waals surface area contributed by atoms with Gasteiger partial charge in [0.25, 0.3) is 5.91 Å². The third-order valence-corrected chi connectivity index (χ3v) is 3.43. The van der Waals surface area contributed by atoms with Crippen molar-refractivity contribution in [2.45, 2.75) is 20.8 Å². The van der Waals surface area contributed by atoms with Crippen LogP contribution in [0.3, 0.4) is 0 Å². The van der Waals surface area contributed by atoms with E-state index in [0.29, 0.717) is 5.69 Å². The van der Waals surface area contributed by atoms with Crippen molar-refractivity contribution in [3.8, 4) is 0 Å². The number of hydrogen-bond acceptors (Lipinski definition) is 2. The third kappa shape index (κ3) is 2.87. The van der Waals surface area contributed by atoms with Crippen LogP contribution in [0.5, 0.6) is 0 Å². The molecule has 0 radical (unpaired) electrons. The van der Waals surface area contributed by atoms with E-state index in [9.17, 15) is 4.79 Å². The van der Waals surface area contributed by atoms with Crippen LogP contribution >= 0.6 is 15.9 Å². The molecule has 1 aromatic carbocycles. The van der Waals surface area contributed by atoms with Crippen LogP contribution in [0.1, 0.15) is 27.3 Å². The summed E-state index contributed by atoms with van der Waals surface area (Å²) < 4.78 is 2.60. The number of halogens is 1. The van der Waals surface area contributed by atoms with Crippen LogP contribution in [0, 0.1) is 20.8 Å². The summed E-state index contributed by atoms with van der Waals surface area (Å²) in [4.78, 5) is 12.3. The zero-order chi connectivity index (χ0) is 14.2. The lowest BCUT2D eigenvalue weighted by Crippen LogP contribution is -2.17. The lowest BCUT2D eigenvalue weighted by atomic mass is 10.1. The van der Waals surface area contributed by atoms with E-state index in [2.05, 4.69) is 26.3 Å². The predicted octanol–water partition coefficient (Wildman–Crippen LogP) is 3.36. The molecule has 1 heterocycles. The Labute approximate surface area is 120 Å². The fourth-order valence-electron chi connectivity index (χ4n) is 2.11. The van der Waals surface area contributed by atoms with Gasteiger partial charge in [-0.15, -0.1) is 0 Å². The molecular formula is C14H16BrN3O. The van der Waals surface area contributed by atoms with E-state index in [4.69, 9.17) is 0 Å².